The van der Waals surface area contributed by atoms with E-state index in [2.05, 4.69) is 26.2 Å². The fourth-order valence-corrected chi connectivity index (χ4v) is 3.05. The Morgan fingerprint density at radius 2 is 2.30 bits per heavy atom. The lowest BCUT2D eigenvalue weighted by molar-refractivity contribution is 0.0616. The molecule has 1 atom stereocenters. The van der Waals surface area contributed by atoms with Crippen molar-refractivity contribution in [3.8, 4) is 0 Å². The Hall–Kier alpha value is -1.34. The lowest BCUT2D eigenvalue weighted by atomic mass is 10.1. The van der Waals surface area contributed by atoms with Gasteiger partial charge in [-0.25, -0.2) is 9.78 Å². The fraction of sp³-hybridized carbons (Fsp3) is 0.417. The van der Waals surface area contributed by atoms with Gasteiger partial charge in [0.25, 0.3) is 5.91 Å². The first-order valence-corrected chi connectivity index (χ1v) is 7.38. The normalized spacial score (nSPS) is 21.7. The van der Waals surface area contributed by atoms with Crippen LogP contribution >= 0.6 is 27.5 Å². The highest BCUT2D eigenvalue weighted by molar-refractivity contribution is 9.10. The molecule has 0 aromatic carbocycles. The van der Waals surface area contributed by atoms with E-state index >= 15 is 0 Å². The van der Waals surface area contributed by atoms with Crippen LogP contribution in [-0.2, 0) is 0 Å². The molecule has 1 N–H and O–H groups in total. The zero-order valence-corrected chi connectivity index (χ0v) is 12.8. The molecule has 0 radical (unpaired) electrons. The summed E-state index contributed by atoms with van der Waals surface area (Å²) in [4.78, 5) is 31.5. The molecule has 106 valence electrons. The molecule has 1 unspecified atom stereocenters. The Bertz CT molecular complexity index is 583. The van der Waals surface area contributed by atoms with Gasteiger partial charge in [0.15, 0.2) is 0 Å². The highest BCUT2D eigenvalue weighted by atomic mass is 79.9. The van der Waals surface area contributed by atoms with E-state index in [9.17, 15) is 9.59 Å². The summed E-state index contributed by atoms with van der Waals surface area (Å²) < 4.78 is 0.710. The lowest BCUT2D eigenvalue weighted by Crippen LogP contribution is -2.53. The Balaban J connectivity index is 1.78. The van der Waals surface area contributed by atoms with Gasteiger partial charge in [-0.1, -0.05) is 11.6 Å². The topological polar surface area (TPSA) is 65.5 Å². The third kappa shape index (κ3) is 2.35. The number of nitrogens with zero attached hydrogens (tertiary/aromatic N) is 3. The standard InChI is InChI=1S/C12H12BrClN4O2/c13-7-3-9(10(14)15-4-7)11(19)17-1-2-18-8(6-17)5-16-12(18)20/h3-4,8H,1-2,5-6H2,(H,16,20). The minimum atomic E-state index is -0.150. The summed E-state index contributed by atoms with van der Waals surface area (Å²) in [5.41, 5.74) is 0.381. The minimum Gasteiger partial charge on any atom is -0.336 e. The molecule has 0 bridgehead atoms. The van der Waals surface area contributed by atoms with Gasteiger partial charge in [0, 0.05) is 36.8 Å². The fourth-order valence-electron chi connectivity index (χ4n) is 2.53. The number of urea groups is 1. The molecular formula is C12H12BrClN4O2. The average Bonchev–Trinajstić information content (AvgIpc) is 2.82. The smallest absolute Gasteiger partial charge is 0.317 e. The number of piperazine rings is 1. The van der Waals surface area contributed by atoms with Crippen LogP contribution in [0.3, 0.4) is 0 Å². The molecule has 6 nitrogen and oxygen atoms in total. The zero-order valence-electron chi connectivity index (χ0n) is 10.5. The van der Waals surface area contributed by atoms with Crippen molar-refractivity contribution in [1.82, 2.24) is 20.1 Å². The summed E-state index contributed by atoms with van der Waals surface area (Å²) in [6, 6.07) is 1.66. The molecule has 1 aromatic heterocycles. The van der Waals surface area contributed by atoms with Crippen molar-refractivity contribution < 1.29 is 9.59 Å². The van der Waals surface area contributed by atoms with Crippen molar-refractivity contribution in [3.05, 3.63) is 27.5 Å². The Labute approximate surface area is 129 Å². The van der Waals surface area contributed by atoms with Crippen molar-refractivity contribution in [2.24, 2.45) is 0 Å². The number of nitrogens with one attached hydrogen (secondary N) is 1. The van der Waals surface area contributed by atoms with Crippen molar-refractivity contribution in [1.29, 1.82) is 0 Å². The van der Waals surface area contributed by atoms with Crippen molar-refractivity contribution in [2.75, 3.05) is 26.2 Å². The highest BCUT2D eigenvalue weighted by Gasteiger charge is 2.37. The predicted octanol–water partition coefficient (Wildman–Crippen LogP) is 1.35. The maximum Gasteiger partial charge on any atom is 0.317 e. The van der Waals surface area contributed by atoms with Gasteiger partial charge in [-0.3, -0.25) is 4.79 Å². The number of pyridine rings is 1. The van der Waals surface area contributed by atoms with Crippen LogP contribution in [0.15, 0.2) is 16.7 Å². The van der Waals surface area contributed by atoms with Gasteiger partial charge in [0.2, 0.25) is 0 Å². The Kier molecular flexibility index (Phi) is 3.55. The number of hydrogen-bond acceptors (Lipinski definition) is 3. The van der Waals surface area contributed by atoms with Gasteiger partial charge >= 0.3 is 6.03 Å². The minimum absolute atomic E-state index is 0.0408. The van der Waals surface area contributed by atoms with Gasteiger partial charge in [0.05, 0.1) is 11.6 Å². The molecule has 1 aromatic rings. The molecule has 2 saturated heterocycles. The molecule has 2 aliphatic rings. The lowest BCUT2D eigenvalue weighted by Gasteiger charge is -2.36. The largest absolute Gasteiger partial charge is 0.336 e. The van der Waals surface area contributed by atoms with Crippen molar-refractivity contribution in [3.63, 3.8) is 0 Å². The molecular weight excluding hydrogens is 348 g/mol. The van der Waals surface area contributed by atoms with E-state index < -0.39 is 0 Å². The maximum atomic E-state index is 12.5. The first kappa shape index (κ1) is 13.6. The highest BCUT2D eigenvalue weighted by Crippen LogP contribution is 2.22. The zero-order chi connectivity index (χ0) is 14.3. The van der Waals surface area contributed by atoms with Crippen molar-refractivity contribution >= 4 is 39.5 Å². The van der Waals surface area contributed by atoms with Crippen LogP contribution in [0.25, 0.3) is 0 Å². The maximum absolute atomic E-state index is 12.5. The monoisotopic (exact) mass is 358 g/mol. The summed E-state index contributed by atoms with van der Waals surface area (Å²) >= 11 is 9.28. The van der Waals surface area contributed by atoms with E-state index in [1.807, 2.05) is 0 Å². The summed E-state index contributed by atoms with van der Waals surface area (Å²) in [5, 5.41) is 2.98. The summed E-state index contributed by atoms with van der Waals surface area (Å²) in [7, 11) is 0. The molecule has 3 rings (SSSR count). The van der Waals surface area contributed by atoms with Crippen LogP contribution in [0.5, 0.6) is 0 Å². The average molecular weight is 360 g/mol. The van der Waals surface area contributed by atoms with Gasteiger partial charge in [0.1, 0.15) is 5.15 Å². The SMILES string of the molecule is O=C(c1cc(Br)cnc1Cl)N1CCN2C(=O)NCC2C1. The molecule has 0 saturated carbocycles. The number of carbonyl (C=O) groups excluding carboxylic acids is 2. The first-order valence-electron chi connectivity index (χ1n) is 6.21. The summed E-state index contributed by atoms with van der Waals surface area (Å²) in [6.07, 6.45) is 1.55. The number of fused-ring (bicyclic) bond motifs is 1. The van der Waals surface area contributed by atoms with Crippen molar-refractivity contribution in [2.45, 2.75) is 6.04 Å². The van der Waals surface area contributed by atoms with Crippen LogP contribution in [0.4, 0.5) is 4.79 Å². The second-order valence-electron chi connectivity index (χ2n) is 4.78. The number of carbonyl (C=O) groups is 2. The number of aromatic nitrogens is 1. The predicted molar refractivity (Wildman–Crippen MR) is 76.7 cm³/mol. The molecule has 2 fully saturated rings. The van der Waals surface area contributed by atoms with Crippen LogP contribution in [0.2, 0.25) is 5.15 Å². The number of halogens is 2. The molecule has 20 heavy (non-hydrogen) atoms. The van der Waals surface area contributed by atoms with Gasteiger partial charge < -0.3 is 15.1 Å². The van der Waals surface area contributed by atoms with Crippen LogP contribution in [-0.4, -0.2) is 58.9 Å². The summed E-state index contributed by atoms with van der Waals surface area (Å²) in [5.74, 6) is -0.150. The molecule has 2 aliphatic heterocycles. The van der Waals surface area contributed by atoms with Gasteiger partial charge in [-0.2, -0.15) is 0 Å². The van der Waals surface area contributed by atoms with E-state index in [0.717, 1.165) is 0 Å². The van der Waals surface area contributed by atoms with E-state index in [4.69, 9.17) is 11.6 Å². The second kappa shape index (κ2) is 5.21. The quantitative estimate of drug-likeness (QED) is 0.770. The number of rotatable bonds is 1. The van der Waals surface area contributed by atoms with E-state index in [1.54, 1.807) is 22.1 Å². The molecule has 0 spiro atoms. The molecule has 3 amide bonds. The van der Waals surface area contributed by atoms with Crippen LogP contribution < -0.4 is 5.32 Å². The van der Waals surface area contributed by atoms with E-state index in [-0.39, 0.29) is 23.1 Å². The molecule has 8 heteroatoms. The van der Waals surface area contributed by atoms with Gasteiger partial charge in [-0.15, -0.1) is 0 Å². The first-order chi connectivity index (χ1) is 9.56. The number of hydrogen-bond donors (Lipinski definition) is 1. The van der Waals surface area contributed by atoms with Gasteiger partial charge in [-0.05, 0) is 22.0 Å². The third-order valence-corrected chi connectivity index (χ3v) is 4.29. The summed E-state index contributed by atoms with van der Waals surface area (Å²) in [6.45, 7) is 2.14. The van der Waals surface area contributed by atoms with Crippen LogP contribution in [0, 0.1) is 0 Å². The second-order valence-corrected chi connectivity index (χ2v) is 6.05. The van der Waals surface area contributed by atoms with E-state index in [0.29, 0.717) is 36.2 Å². The number of amides is 3. The third-order valence-electron chi connectivity index (χ3n) is 3.56. The molecule has 0 aliphatic carbocycles. The van der Waals surface area contributed by atoms with Crippen LogP contribution in [0.1, 0.15) is 10.4 Å². The van der Waals surface area contributed by atoms with E-state index in [1.165, 1.54) is 0 Å². The Morgan fingerprint density at radius 1 is 1.50 bits per heavy atom. The molecule has 3 heterocycles. The Morgan fingerprint density at radius 3 is 3.10 bits per heavy atom.